The fourth-order valence-corrected chi connectivity index (χ4v) is 4.70. The highest BCUT2D eigenvalue weighted by molar-refractivity contribution is 7.92. The number of rotatable bonds is 6. The molecule has 0 unspecified atom stereocenters. The summed E-state index contributed by atoms with van der Waals surface area (Å²) in [6.45, 7) is 3.88. The van der Waals surface area contributed by atoms with Crippen molar-refractivity contribution in [1.29, 1.82) is 0 Å². The number of benzene rings is 3. The molecule has 0 aliphatic heterocycles. The molecule has 5 aromatic rings. The molecular weight excluding hydrogens is 448 g/mol. The number of hydrogen-bond acceptors (Lipinski definition) is 5. The Morgan fingerprint density at radius 1 is 0.912 bits per heavy atom. The minimum absolute atomic E-state index is 0.147. The summed E-state index contributed by atoms with van der Waals surface area (Å²) in [6, 6.07) is 22.0. The summed E-state index contributed by atoms with van der Waals surface area (Å²) >= 11 is 0. The molecule has 0 aliphatic rings. The number of aromatic nitrogens is 3. The standard InChI is InChI=1S/C26H22N4O3S/c1-18-11-13-21(14-12-18)34(31,32)29-25-26-28-22(17-30(26)16-15-27-25)24-19(2)7-6-10-23(24)33-20-8-4-3-5-9-20/h3-17H,1-2H3,(H,27,29). The van der Waals surface area contributed by atoms with Crippen molar-refractivity contribution in [2.24, 2.45) is 0 Å². The molecule has 1 N–H and O–H groups in total. The molecule has 0 atom stereocenters. The van der Waals surface area contributed by atoms with E-state index in [2.05, 4.69) is 9.71 Å². The van der Waals surface area contributed by atoms with Crippen LogP contribution in [0.3, 0.4) is 0 Å². The summed E-state index contributed by atoms with van der Waals surface area (Å²) in [4.78, 5) is 9.14. The normalized spacial score (nSPS) is 11.5. The van der Waals surface area contributed by atoms with Crippen molar-refractivity contribution in [1.82, 2.24) is 14.4 Å². The van der Waals surface area contributed by atoms with Crippen molar-refractivity contribution < 1.29 is 13.2 Å². The molecule has 0 fully saturated rings. The highest BCUT2D eigenvalue weighted by Gasteiger charge is 2.20. The quantitative estimate of drug-likeness (QED) is 0.349. The third-order valence-corrected chi connectivity index (χ3v) is 6.75. The van der Waals surface area contributed by atoms with E-state index in [-0.39, 0.29) is 10.7 Å². The van der Waals surface area contributed by atoms with Gasteiger partial charge in [-0.3, -0.25) is 4.72 Å². The molecule has 2 aromatic heterocycles. The van der Waals surface area contributed by atoms with Crippen molar-refractivity contribution in [3.63, 3.8) is 0 Å². The van der Waals surface area contributed by atoms with Gasteiger partial charge in [-0.15, -0.1) is 0 Å². The first-order valence-corrected chi connectivity index (χ1v) is 12.2. The molecule has 8 heteroatoms. The third-order valence-electron chi connectivity index (χ3n) is 5.40. The number of imidazole rings is 1. The van der Waals surface area contributed by atoms with Crippen LogP contribution in [0.15, 0.2) is 96.3 Å². The largest absolute Gasteiger partial charge is 0.457 e. The first kappa shape index (κ1) is 21.7. The van der Waals surface area contributed by atoms with Crippen LogP contribution < -0.4 is 9.46 Å². The molecule has 0 spiro atoms. The van der Waals surface area contributed by atoms with E-state index in [9.17, 15) is 8.42 Å². The van der Waals surface area contributed by atoms with E-state index >= 15 is 0 Å². The Hall–Kier alpha value is -4.17. The molecule has 0 aliphatic carbocycles. The van der Waals surface area contributed by atoms with Gasteiger partial charge in [0.15, 0.2) is 11.5 Å². The zero-order chi connectivity index (χ0) is 23.7. The van der Waals surface area contributed by atoms with Crippen molar-refractivity contribution in [2.45, 2.75) is 18.7 Å². The van der Waals surface area contributed by atoms with Crippen molar-refractivity contribution in [2.75, 3.05) is 4.72 Å². The Morgan fingerprint density at radius 3 is 2.44 bits per heavy atom. The van der Waals surface area contributed by atoms with Crippen molar-refractivity contribution >= 4 is 21.5 Å². The molecule has 0 saturated carbocycles. The second kappa shape index (κ2) is 8.64. The zero-order valence-electron chi connectivity index (χ0n) is 18.6. The van der Waals surface area contributed by atoms with E-state index in [4.69, 9.17) is 9.72 Å². The number of anilines is 1. The van der Waals surface area contributed by atoms with Crippen LogP contribution in [-0.4, -0.2) is 22.8 Å². The first-order valence-electron chi connectivity index (χ1n) is 10.7. The van der Waals surface area contributed by atoms with Gasteiger partial charge in [0, 0.05) is 24.2 Å². The van der Waals surface area contributed by atoms with Crippen LogP contribution in [0.2, 0.25) is 0 Å². The summed E-state index contributed by atoms with van der Waals surface area (Å²) in [5.74, 6) is 1.52. The average Bonchev–Trinajstić information content (AvgIpc) is 3.25. The first-order chi connectivity index (χ1) is 16.4. The van der Waals surface area contributed by atoms with Crippen molar-refractivity contribution in [3.8, 4) is 22.8 Å². The highest BCUT2D eigenvalue weighted by atomic mass is 32.2. The summed E-state index contributed by atoms with van der Waals surface area (Å²) in [5, 5.41) is 0. The Bertz CT molecular complexity index is 1580. The number of fused-ring (bicyclic) bond motifs is 1. The molecule has 0 bridgehead atoms. The number of nitrogens with one attached hydrogen (secondary N) is 1. The molecule has 0 amide bonds. The van der Waals surface area contributed by atoms with Gasteiger partial charge in [0.05, 0.1) is 10.6 Å². The fourth-order valence-electron chi connectivity index (χ4n) is 3.69. The van der Waals surface area contributed by atoms with Crippen LogP contribution in [-0.2, 0) is 10.0 Å². The van der Waals surface area contributed by atoms with Crippen LogP contribution in [0.1, 0.15) is 11.1 Å². The van der Waals surface area contributed by atoms with Gasteiger partial charge in [-0.25, -0.2) is 18.4 Å². The predicted octanol–water partition coefficient (Wildman–Crippen LogP) is 5.61. The number of aryl methyl sites for hydroxylation is 2. The average molecular weight is 471 g/mol. The molecule has 5 rings (SSSR count). The monoisotopic (exact) mass is 470 g/mol. The van der Waals surface area contributed by atoms with Gasteiger partial charge in [-0.1, -0.05) is 48.0 Å². The van der Waals surface area contributed by atoms with E-state index in [1.54, 1.807) is 34.9 Å². The van der Waals surface area contributed by atoms with Gasteiger partial charge in [0.1, 0.15) is 11.5 Å². The Balaban J connectivity index is 1.56. The number of hydrogen-bond donors (Lipinski definition) is 1. The molecule has 34 heavy (non-hydrogen) atoms. The number of ether oxygens (including phenoxy) is 1. The minimum Gasteiger partial charge on any atom is -0.457 e. The van der Waals surface area contributed by atoms with E-state index in [1.807, 2.05) is 68.6 Å². The lowest BCUT2D eigenvalue weighted by Gasteiger charge is -2.12. The predicted molar refractivity (Wildman–Crippen MR) is 132 cm³/mol. The summed E-state index contributed by atoms with van der Waals surface area (Å²) in [5.41, 5.74) is 3.81. The van der Waals surface area contributed by atoms with Crippen molar-refractivity contribution in [3.05, 3.63) is 103 Å². The second-order valence-corrected chi connectivity index (χ2v) is 9.60. The third kappa shape index (κ3) is 4.23. The van der Waals surface area contributed by atoms with Gasteiger partial charge in [0.25, 0.3) is 10.0 Å². The summed E-state index contributed by atoms with van der Waals surface area (Å²) in [6.07, 6.45) is 5.09. The van der Waals surface area contributed by atoms with Crippen LogP contribution in [0, 0.1) is 13.8 Å². The molecule has 2 heterocycles. The van der Waals surface area contributed by atoms with Crippen LogP contribution in [0.5, 0.6) is 11.5 Å². The molecule has 170 valence electrons. The lowest BCUT2D eigenvalue weighted by atomic mass is 10.1. The maximum Gasteiger partial charge on any atom is 0.263 e. The molecule has 3 aromatic carbocycles. The minimum atomic E-state index is -3.82. The van der Waals surface area contributed by atoms with Crippen LogP contribution in [0.25, 0.3) is 16.9 Å². The molecular formula is C26H22N4O3S. The van der Waals surface area contributed by atoms with Crippen LogP contribution >= 0.6 is 0 Å². The lowest BCUT2D eigenvalue weighted by molar-refractivity contribution is 0.484. The van der Waals surface area contributed by atoms with E-state index < -0.39 is 10.0 Å². The van der Waals surface area contributed by atoms with E-state index in [0.717, 1.165) is 16.7 Å². The number of nitrogens with zero attached hydrogens (tertiary/aromatic N) is 3. The van der Waals surface area contributed by atoms with Gasteiger partial charge in [-0.05, 0) is 49.7 Å². The van der Waals surface area contributed by atoms with Gasteiger partial charge in [-0.2, -0.15) is 0 Å². The Kier molecular flexibility index (Phi) is 5.51. The number of para-hydroxylation sites is 1. The number of sulfonamides is 1. The summed E-state index contributed by atoms with van der Waals surface area (Å²) in [7, 11) is -3.82. The summed E-state index contributed by atoms with van der Waals surface area (Å²) < 4.78 is 36.3. The maximum atomic E-state index is 12.9. The fraction of sp³-hybridized carbons (Fsp3) is 0.0769. The van der Waals surface area contributed by atoms with Gasteiger partial charge < -0.3 is 9.14 Å². The lowest BCUT2D eigenvalue weighted by Crippen LogP contribution is -2.14. The molecule has 7 nitrogen and oxygen atoms in total. The van der Waals surface area contributed by atoms with E-state index in [1.165, 1.54) is 6.20 Å². The topological polar surface area (TPSA) is 85.6 Å². The second-order valence-electron chi connectivity index (χ2n) is 7.91. The molecule has 0 saturated heterocycles. The Morgan fingerprint density at radius 2 is 1.68 bits per heavy atom. The zero-order valence-corrected chi connectivity index (χ0v) is 19.5. The SMILES string of the molecule is Cc1ccc(S(=O)(=O)Nc2nccn3cc(-c4c(C)cccc4Oc4ccccc4)nc23)cc1. The van der Waals surface area contributed by atoms with Crippen LogP contribution in [0.4, 0.5) is 5.82 Å². The molecule has 0 radical (unpaired) electrons. The van der Waals surface area contributed by atoms with Gasteiger partial charge >= 0.3 is 0 Å². The highest BCUT2D eigenvalue weighted by Crippen LogP contribution is 2.36. The maximum absolute atomic E-state index is 12.9. The smallest absolute Gasteiger partial charge is 0.263 e. The van der Waals surface area contributed by atoms with Gasteiger partial charge in [0.2, 0.25) is 0 Å². The van der Waals surface area contributed by atoms with E-state index in [0.29, 0.717) is 22.8 Å². The Labute approximate surface area is 197 Å².